The van der Waals surface area contributed by atoms with E-state index in [-0.39, 0.29) is 5.91 Å². The Labute approximate surface area is 244 Å². The first-order chi connectivity index (χ1) is 18.8. The Morgan fingerprint density at radius 2 is 0.553 bits per heavy atom. The molecule has 0 unspecified atom stereocenters. The third-order valence-electron chi connectivity index (χ3n) is 8.19. The van der Waals surface area contributed by atoms with Crippen molar-refractivity contribution in [2.75, 3.05) is 5.75 Å². The number of carbonyl (C=O) groups excluding carboxylic acids is 1. The highest BCUT2D eigenvalue weighted by molar-refractivity contribution is 7.80. The molecule has 0 heterocycles. The first-order valence-corrected chi connectivity index (χ1v) is 18.0. The van der Waals surface area contributed by atoms with Crippen LogP contribution in [0.4, 0.5) is 0 Å². The lowest BCUT2D eigenvalue weighted by atomic mass is 10.0. The van der Waals surface area contributed by atoms with Gasteiger partial charge in [0, 0.05) is 6.42 Å². The lowest BCUT2D eigenvalue weighted by molar-refractivity contribution is -0.129. The van der Waals surface area contributed by atoms with Crippen LogP contribution in [0.25, 0.3) is 0 Å². The molecule has 4 heteroatoms. The molecular formula is C34H69NO2S. The number of hydrogen-bond acceptors (Lipinski definition) is 3. The Bertz CT molecular complexity index is 446. The SMILES string of the molecule is O=C(CCCCCCCCCCCCCCCCCCCCCCCCCCCCCCCCCS)NO. The minimum atomic E-state index is -0.255. The van der Waals surface area contributed by atoms with Gasteiger partial charge in [0.2, 0.25) is 5.91 Å². The Morgan fingerprint density at radius 3 is 0.737 bits per heavy atom. The number of unbranched alkanes of at least 4 members (excludes halogenated alkanes) is 30. The Balaban J connectivity index is 3.03. The van der Waals surface area contributed by atoms with Gasteiger partial charge >= 0.3 is 0 Å². The lowest BCUT2D eigenvalue weighted by Crippen LogP contribution is -2.17. The molecule has 0 radical (unpaired) electrons. The first-order valence-electron chi connectivity index (χ1n) is 17.3. The van der Waals surface area contributed by atoms with Gasteiger partial charge in [-0.15, -0.1) is 0 Å². The van der Waals surface area contributed by atoms with Crippen molar-refractivity contribution < 1.29 is 10.0 Å². The van der Waals surface area contributed by atoms with E-state index in [1.54, 1.807) is 5.48 Å². The van der Waals surface area contributed by atoms with Gasteiger partial charge < -0.3 is 0 Å². The summed E-state index contributed by atoms with van der Waals surface area (Å²) < 4.78 is 0. The van der Waals surface area contributed by atoms with Crippen LogP contribution in [0.2, 0.25) is 0 Å². The molecule has 38 heavy (non-hydrogen) atoms. The van der Waals surface area contributed by atoms with Gasteiger partial charge in [0.15, 0.2) is 0 Å². The molecular weight excluding hydrogens is 486 g/mol. The van der Waals surface area contributed by atoms with E-state index in [0.717, 1.165) is 18.6 Å². The number of hydrogen-bond donors (Lipinski definition) is 3. The summed E-state index contributed by atoms with van der Waals surface area (Å²) in [5.41, 5.74) is 1.70. The minimum Gasteiger partial charge on any atom is -0.289 e. The Hall–Kier alpha value is -0.220. The maximum Gasteiger partial charge on any atom is 0.243 e. The highest BCUT2D eigenvalue weighted by atomic mass is 32.1. The second-order valence-corrected chi connectivity index (χ2v) is 12.4. The molecule has 0 saturated heterocycles. The summed E-state index contributed by atoms with van der Waals surface area (Å²) in [5.74, 6) is 0.805. The average molecular weight is 556 g/mol. The van der Waals surface area contributed by atoms with Crippen LogP contribution in [0.5, 0.6) is 0 Å². The molecule has 2 N–H and O–H groups in total. The predicted molar refractivity (Wildman–Crippen MR) is 172 cm³/mol. The first kappa shape index (κ1) is 37.8. The molecule has 0 rings (SSSR count). The van der Waals surface area contributed by atoms with Crippen molar-refractivity contribution in [3.05, 3.63) is 0 Å². The van der Waals surface area contributed by atoms with E-state index in [2.05, 4.69) is 12.6 Å². The van der Waals surface area contributed by atoms with Crippen molar-refractivity contribution in [2.45, 2.75) is 205 Å². The van der Waals surface area contributed by atoms with E-state index in [1.807, 2.05) is 0 Å². The van der Waals surface area contributed by atoms with Crippen LogP contribution in [-0.2, 0) is 4.79 Å². The molecule has 0 saturated carbocycles. The summed E-state index contributed by atoms with van der Waals surface area (Å²) in [4.78, 5) is 10.9. The van der Waals surface area contributed by atoms with E-state index in [9.17, 15) is 4.79 Å². The van der Waals surface area contributed by atoms with Crippen molar-refractivity contribution >= 4 is 18.5 Å². The zero-order chi connectivity index (χ0) is 27.6. The van der Waals surface area contributed by atoms with E-state index in [0.29, 0.717) is 6.42 Å². The van der Waals surface area contributed by atoms with E-state index in [4.69, 9.17) is 5.21 Å². The molecule has 228 valence electrons. The van der Waals surface area contributed by atoms with Crippen molar-refractivity contribution in [3.8, 4) is 0 Å². The highest BCUT2D eigenvalue weighted by Crippen LogP contribution is 2.16. The number of thiol groups is 1. The molecule has 0 bridgehead atoms. The summed E-state index contributed by atoms with van der Waals surface area (Å²) in [6.45, 7) is 0. The summed E-state index contributed by atoms with van der Waals surface area (Å²) in [6, 6.07) is 0. The molecule has 0 spiro atoms. The Kier molecular flexibility index (Phi) is 34.6. The monoisotopic (exact) mass is 556 g/mol. The van der Waals surface area contributed by atoms with Crippen molar-refractivity contribution in [1.82, 2.24) is 5.48 Å². The number of carbonyl (C=O) groups is 1. The molecule has 0 aliphatic carbocycles. The zero-order valence-electron chi connectivity index (χ0n) is 25.6. The van der Waals surface area contributed by atoms with Gasteiger partial charge in [-0.05, 0) is 18.6 Å². The molecule has 3 nitrogen and oxygen atoms in total. The number of amides is 1. The maximum absolute atomic E-state index is 10.9. The van der Waals surface area contributed by atoms with Gasteiger partial charge in [0.25, 0.3) is 0 Å². The zero-order valence-corrected chi connectivity index (χ0v) is 26.5. The van der Waals surface area contributed by atoms with Crippen LogP contribution in [0.3, 0.4) is 0 Å². The number of rotatable bonds is 33. The average Bonchev–Trinajstić information content (AvgIpc) is 2.93. The minimum absolute atomic E-state index is 0.255. The quantitative estimate of drug-likeness (QED) is 0.0326. The predicted octanol–water partition coefficient (Wildman–Crippen LogP) is 11.9. The maximum atomic E-state index is 10.9. The largest absolute Gasteiger partial charge is 0.289 e. The summed E-state index contributed by atoms with van der Waals surface area (Å²) in [5, 5.41) is 8.45. The van der Waals surface area contributed by atoms with E-state index in [1.165, 1.54) is 186 Å². The number of nitrogens with one attached hydrogen (secondary N) is 1. The van der Waals surface area contributed by atoms with E-state index >= 15 is 0 Å². The van der Waals surface area contributed by atoms with Gasteiger partial charge in [0.05, 0.1) is 0 Å². The van der Waals surface area contributed by atoms with Gasteiger partial charge in [-0.1, -0.05) is 186 Å². The van der Waals surface area contributed by atoms with Crippen LogP contribution >= 0.6 is 12.6 Å². The van der Waals surface area contributed by atoms with Crippen LogP contribution in [0, 0.1) is 0 Å². The molecule has 0 fully saturated rings. The second-order valence-electron chi connectivity index (χ2n) is 12.0. The normalized spacial score (nSPS) is 11.3. The smallest absolute Gasteiger partial charge is 0.243 e. The fourth-order valence-corrected chi connectivity index (χ4v) is 5.80. The number of hydroxylamine groups is 1. The van der Waals surface area contributed by atoms with Crippen molar-refractivity contribution in [1.29, 1.82) is 0 Å². The lowest BCUT2D eigenvalue weighted by Gasteiger charge is -2.05. The standard InChI is InChI=1S/C34H69NO2S/c36-34(35-37)32-30-28-26-24-22-20-18-16-14-12-10-8-6-4-2-1-3-5-7-9-11-13-15-17-19-21-23-25-27-29-31-33-38/h37-38H,1-33H2,(H,35,36). The molecule has 0 aliphatic heterocycles. The van der Waals surface area contributed by atoms with Gasteiger partial charge in [0.1, 0.15) is 0 Å². The molecule has 0 atom stereocenters. The third kappa shape index (κ3) is 33.8. The van der Waals surface area contributed by atoms with E-state index < -0.39 is 0 Å². The third-order valence-corrected chi connectivity index (χ3v) is 8.50. The Morgan fingerprint density at radius 1 is 0.368 bits per heavy atom. The van der Waals surface area contributed by atoms with Crippen LogP contribution in [-0.4, -0.2) is 16.9 Å². The van der Waals surface area contributed by atoms with Crippen molar-refractivity contribution in [3.63, 3.8) is 0 Å². The van der Waals surface area contributed by atoms with Crippen LogP contribution in [0.1, 0.15) is 205 Å². The second kappa shape index (κ2) is 34.8. The van der Waals surface area contributed by atoms with Crippen molar-refractivity contribution in [2.24, 2.45) is 0 Å². The fraction of sp³-hybridized carbons (Fsp3) is 0.971. The van der Waals surface area contributed by atoms with Crippen LogP contribution in [0.15, 0.2) is 0 Å². The topological polar surface area (TPSA) is 49.3 Å². The molecule has 0 aromatic carbocycles. The van der Waals surface area contributed by atoms with Gasteiger partial charge in [-0.2, -0.15) is 12.6 Å². The fourth-order valence-electron chi connectivity index (χ4n) is 5.58. The van der Waals surface area contributed by atoms with Gasteiger partial charge in [-0.25, -0.2) is 5.48 Å². The highest BCUT2D eigenvalue weighted by Gasteiger charge is 1.99. The molecule has 1 amide bonds. The summed E-state index contributed by atoms with van der Waals surface area (Å²) in [7, 11) is 0. The molecule has 0 aliphatic rings. The van der Waals surface area contributed by atoms with Crippen LogP contribution < -0.4 is 5.48 Å². The molecule has 0 aromatic rings. The molecule has 0 aromatic heterocycles. The van der Waals surface area contributed by atoms with Gasteiger partial charge in [-0.3, -0.25) is 10.0 Å². The summed E-state index contributed by atoms with van der Waals surface area (Å²) in [6.07, 6.45) is 43.7. The summed E-state index contributed by atoms with van der Waals surface area (Å²) >= 11 is 4.28.